The van der Waals surface area contributed by atoms with Crippen LogP contribution in [0.4, 0.5) is 0 Å². The van der Waals surface area contributed by atoms with Gasteiger partial charge in [0.1, 0.15) is 0 Å². The molecule has 0 amide bonds. The third kappa shape index (κ3) is 3.39. The SMILES string of the molecule is CN(C1CCCCC1)C1(CN)CC(C)(C)CC(C)(C)C1. The molecule has 118 valence electrons. The molecule has 2 saturated carbocycles. The van der Waals surface area contributed by atoms with Crippen LogP contribution in [0, 0.1) is 10.8 Å². The minimum absolute atomic E-state index is 0.216. The topological polar surface area (TPSA) is 29.3 Å². The molecule has 0 atom stereocenters. The molecule has 0 saturated heterocycles. The molecule has 2 fully saturated rings. The van der Waals surface area contributed by atoms with E-state index in [1.54, 1.807) is 0 Å². The Morgan fingerprint density at radius 3 is 1.85 bits per heavy atom. The maximum absolute atomic E-state index is 6.35. The Kier molecular flexibility index (Phi) is 4.57. The predicted molar refractivity (Wildman–Crippen MR) is 87.8 cm³/mol. The van der Waals surface area contributed by atoms with E-state index in [1.807, 2.05) is 0 Å². The van der Waals surface area contributed by atoms with Crippen LogP contribution in [-0.2, 0) is 0 Å². The van der Waals surface area contributed by atoms with E-state index >= 15 is 0 Å². The molecule has 0 aromatic heterocycles. The van der Waals surface area contributed by atoms with Gasteiger partial charge >= 0.3 is 0 Å². The van der Waals surface area contributed by atoms with E-state index in [1.165, 1.54) is 51.4 Å². The first-order valence-electron chi connectivity index (χ1n) is 8.63. The van der Waals surface area contributed by atoms with Crippen molar-refractivity contribution in [2.45, 2.75) is 90.6 Å². The Hall–Kier alpha value is -0.0800. The summed E-state index contributed by atoms with van der Waals surface area (Å²) in [6, 6.07) is 0.761. The fourth-order valence-corrected chi connectivity index (χ4v) is 5.66. The minimum Gasteiger partial charge on any atom is -0.329 e. The highest BCUT2D eigenvalue weighted by atomic mass is 15.2. The van der Waals surface area contributed by atoms with E-state index in [2.05, 4.69) is 39.6 Å². The summed E-state index contributed by atoms with van der Waals surface area (Å²) in [4.78, 5) is 2.70. The van der Waals surface area contributed by atoms with Gasteiger partial charge in [-0.15, -0.1) is 0 Å². The highest BCUT2D eigenvalue weighted by Crippen LogP contribution is 2.52. The highest BCUT2D eigenvalue weighted by molar-refractivity contribution is 5.05. The van der Waals surface area contributed by atoms with Gasteiger partial charge in [0.05, 0.1) is 0 Å². The summed E-state index contributed by atoms with van der Waals surface area (Å²) in [7, 11) is 2.36. The van der Waals surface area contributed by atoms with Gasteiger partial charge in [-0.1, -0.05) is 47.0 Å². The quantitative estimate of drug-likeness (QED) is 0.840. The molecule has 0 aliphatic heterocycles. The second kappa shape index (κ2) is 5.61. The lowest BCUT2D eigenvalue weighted by Crippen LogP contribution is -2.62. The molecule has 0 radical (unpaired) electrons. The lowest BCUT2D eigenvalue weighted by Gasteiger charge is -2.57. The standard InChI is InChI=1S/C18H36N2/c1-16(2)11-17(3,4)13-18(12-16,14-19)20(5)15-9-7-6-8-10-15/h15H,6-14,19H2,1-5H3. The van der Waals surface area contributed by atoms with Gasteiger partial charge < -0.3 is 5.73 Å². The zero-order chi connectivity index (χ0) is 15.0. The van der Waals surface area contributed by atoms with Crippen molar-refractivity contribution in [3.8, 4) is 0 Å². The number of nitrogens with two attached hydrogens (primary N) is 1. The van der Waals surface area contributed by atoms with Crippen LogP contribution in [-0.4, -0.2) is 30.1 Å². The molecule has 0 bridgehead atoms. The summed E-state index contributed by atoms with van der Waals surface area (Å²) in [6.45, 7) is 10.6. The number of hydrogen-bond donors (Lipinski definition) is 1. The Bertz CT molecular complexity index is 310. The molecule has 2 rings (SSSR count). The van der Waals surface area contributed by atoms with Gasteiger partial charge in [-0.05, 0) is 50.0 Å². The summed E-state index contributed by atoms with van der Waals surface area (Å²) in [5.41, 5.74) is 7.38. The van der Waals surface area contributed by atoms with Crippen molar-refractivity contribution in [2.24, 2.45) is 16.6 Å². The van der Waals surface area contributed by atoms with E-state index in [-0.39, 0.29) is 5.54 Å². The van der Waals surface area contributed by atoms with Gasteiger partial charge in [-0.3, -0.25) is 4.90 Å². The second-order valence-corrected chi connectivity index (χ2v) is 9.19. The maximum atomic E-state index is 6.35. The molecular formula is C18H36N2. The summed E-state index contributed by atoms with van der Waals surface area (Å²) in [5.74, 6) is 0. The minimum atomic E-state index is 0.216. The number of likely N-dealkylation sites (N-methyl/N-ethyl adjacent to an activating group) is 1. The monoisotopic (exact) mass is 280 g/mol. The number of rotatable bonds is 3. The molecule has 2 aliphatic rings. The van der Waals surface area contributed by atoms with Crippen molar-refractivity contribution in [3.05, 3.63) is 0 Å². The van der Waals surface area contributed by atoms with Crippen LogP contribution in [0.3, 0.4) is 0 Å². The molecule has 0 spiro atoms. The van der Waals surface area contributed by atoms with Crippen LogP contribution in [0.5, 0.6) is 0 Å². The lowest BCUT2D eigenvalue weighted by atomic mass is 9.57. The molecule has 0 aromatic rings. The predicted octanol–water partition coefficient (Wildman–Crippen LogP) is 4.18. The maximum Gasteiger partial charge on any atom is 0.0341 e. The van der Waals surface area contributed by atoms with Gasteiger partial charge in [0.25, 0.3) is 0 Å². The molecule has 2 nitrogen and oxygen atoms in total. The zero-order valence-electron chi connectivity index (χ0n) is 14.5. The Morgan fingerprint density at radius 2 is 1.40 bits per heavy atom. The second-order valence-electron chi connectivity index (χ2n) is 9.19. The first-order chi connectivity index (χ1) is 9.20. The van der Waals surface area contributed by atoms with Gasteiger partial charge in [0, 0.05) is 18.1 Å². The molecule has 0 unspecified atom stereocenters. The molecule has 0 heterocycles. The van der Waals surface area contributed by atoms with Crippen molar-refractivity contribution in [1.29, 1.82) is 0 Å². The summed E-state index contributed by atoms with van der Waals surface area (Å²) in [5, 5.41) is 0. The van der Waals surface area contributed by atoms with Crippen molar-refractivity contribution in [1.82, 2.24) is 4.90 Å². The van der Waals surface area contributed by atoms with Crippen LogP contribution in [0.25, 0.3) is 0 Å². The van der Waals surface area contributed by atoms with Crippen LogP contribution >= 0.6 is 0 Å². The Balaban J connectivity index is 2.22. The zero-order valence-corrected chi connectivity index (χ0v) is 14.5. The van der Waals surface area contributed by atoms with E-state index in [0.29, 0.717) is 10.8 Å². The van der Waals surface area contributed by atoms with E-state index < -0.39 is 0 Å². The average molecular weight is 280 g/mol. The van der Waals surface area contributed by atoms with Crippen molar-refractivity contribution < 1.29 is 0 Å². The molecule has 0 aromatic carbocycles. The van der Waals surface area contributed by atoms with Gasteiger partial charge in [-0.25, -0.2) is 0 Å². The number of hydrogen-bond acceptors (Lipinski definition) is 2. The smallest absolute Gasteiger partial charge is 0.0341 e. The molecule has 2 heteroatoms. The van der Waals surface area contributed by atoms with Gasteiger partial charge in [0.2, 0.25) is 0 Å². The summed E-state index contributed by atoms with van der Waals surface area (Å²) < 4.78 is 0. The van der Waals surface area contributed by atoms with E-state index in [0.717, 1.165) is 12.6 Å². The Labute approximate surface area is 126 Å². The average Bonchev–Trinajstić information content (AvgIpc) is 2.35. The third-order valence-electron chi connectivity index (χ3n) is 5.82. The first kappa shape index (κ1) is 16.3. The number of nitrogens with zero attached hydrogens (tertiary/aromatic N) is 1. The molecule has 2 N–H and O–H groups in total. The lowest BCUT2D eigenvalue weighted by molar-refractivity contribution is -0.0556. The fourth-order valence-electron chi connectivity index (χ4n) is 5.66. The first-order valence-corrected chi connectivity index (χ1v) is 8.63. The largest absolute Gasteiger partial charge is 0.329 e. The highest BCUT2D eigenvalue weighted by Gasteiger charge is 2.49. The van der Waals surface area contributed by atoms with Gasteiger partial charge in [0.15, 0.2) is 0 Å². The van der Waals surface area contributed by atoms with Crippen molar-refractivity contribution in [2.75, 3.05) is 13.6 Å². The van der Waals surface area contributed by atoms with Crippen LogP contribution in [0.1, 0.15) is 79.1 Å². The fraction of sp³-hybridized carbons (Fsp3) is 1.00. The van der Waals surface area contributed by atoms with Crippen molar-refractivity contribution in [3.63, 3.8) is 0 Å². The van der Waals surface area contributed by atoms with Crippen LogP contribution in [0.15, 0.2) is 0 Å². The Morgan fingerprint density at radius 1 is 0.900 bits per heavy atom. The van der Waals surface area contributed by atoms with Crippen LogP contribution < -0.4 is 5.73 Å². The van der Waals surface area contributed by atoms with Gasteiger partial charge in [-0.2, -0.15) is 0 Å². The summed E-state index contributed by atoms with van der Waals surface area (Å²) >= 11 is 0. The third-order valence-corrected chi connectivity index (χ3v) is 5.82. The molecule has 20 heavy (non-hydrogen) atoms. The molecule has 2 aliphatic carbocycles. The normalized spacial score (nSPS) is 29.6. The molecular weight excluding hydrogens is 244 g/mol. The van der Waals surface area contributed by atoms with E-state index in [9.17, 15) is 0 Å². The van der Waals surface area contributed by atoms with Crippen molar-refractivity contribution >= 4 is 0 Å². The van der Waals surface area contributed by atoms with Crippen LogP contribution in [0.2, 0.25) is 0 Å². The summed E-state index contributed by atoms with van der Waals surface area (Å²) in [6.07, 6.45) is 10.8. The van der Waals surface area contributed by atoms with E-state index in [4.69, 9.17) is 5.73 Å².